The second-order valence-electron chi connectivity index (χ2n) is 7.00. The van der Waals surface area contributed by atoms with Crippen LogP contribution >= 0.6 is 0 Å². The van der Waals surface area contributed by atoms with E-state index < -0.39 is 8.32 Å². The number of carbonyl (C=O) groups excluding carboxylic acids is 1. The summed E-state index contributed by atoms with van der Waals surface area (Å²) in [5.74, 6) is -0.249. The SMILES string of the molecule is CCOC(=O)C=CC1(CO[Si](C)(C)C(C)(C)C)CC1. The third-order valence-electron chi connectivity index (χ3n) is 4.28. The van der Waals surface area contributed by atoms with Gasteiger partial charge in [0.25, 0.3) is 0 Å². The molecule has 0 atom stereocenters. The maximum atomic E-state index is 11.3. The minimum Gasteiger partial charge on any atom is -0.463 e. The monoisotopic (exact) mass is 284 g/mol. The molecule has 19 heavy (non-hydrogen) atoms. The smallest absolute Gasteiger partial charge is 0.330 e. The van der Waals surface area contributed by atoms with E-state index in [0.717, 1.165) is 19.4 Å². The molecular weight excluding hydrogens is 256 g/mol. The van der Waals surface area contributed by atoms with Gasteiger partial charge in [-0.05, 0) is 37.9 Å². The second-order valence-corrected chi connectivity index (χ2v) is 11.8. The third kappa shape index (κ3) is 4.77. The molecule has 1 aliphatic carbocycles. The Morgan fingerprint density at radius 1 is 1.32 bits per heavy atom. The molecule has 0 spiro atoms. The summed E-state index contributed by atoms with van der Waals surface area (Å²) in [6, 6.07) is 0. The molecule has 4 heteroatoms. The van der Waals surface area contributed by atoms with Crippen molar-refractivity contribution < 1.29 is 14.0 Å². The van der Waals surface area contributed by atoms with Crippen LogP contribution in [0.5, 0.6) is 0 Å². The molecule has 0 saturated heterocycles. The predicted octanol–water partition coefficient (Wildman–Crippen LogP) is 3.91. The number of rotatable bonds is 6. The Morgan fingerprint density at radius 3 is 2.32 bits per heavy atom. The van der Waals surface area contributed by atoms with Gasteiger partial charge in [0.05, 0.1) is 6.61 Å². The van der Waals surface area contributed by atoms with E-state index in [4.69, 9.17) is 9.16 Å². The molecule has 0 amide bonds. The lowest BCUT2D eigenvalue weighted by atomic mass is 10.1. The minimum absolute atomic E-state index is 0.0856. The average molecular weight is 284 g/mol. The van der Waals surface area contributed by atoms with Crippen LogP contribution in [-0.4, -0.2) is 27.5 Å². The van der Waals surface area contributed by atoms with Gasteiger partial charge in [0.2, 0.25) is 0 Å². The summed E-state index contributed by atoms with van der Waals surface area (Å²) in [7, 11) is -1.70. The predicted molar refractivity (Wildman–Crippen MR) is 80.6 cm³/mol. The van der Waals surface area contributed by atoms with Crippen LogP contribution in [0.4, 0.5) is 0 Å². The molecule has 1 aliphatic rings. The molecule has 0 aliphatic heterocycles. The first kappa shape index (κ1) is 16.4. The first-order chi connectivity index (χ1) is 8.62. The van der Waals surface area contributed by atoms with Gasteiger partial charge in [-0.25, -0.2) is 4.79 Å². The molecule has 0 unspecified atom stereocenters. The van der Waals surface area contributed by atoms with Gasteiger partial charge >= 0.3 is 5.97 Å². The van der Waals surface area contributed by atoms with Crippen LogP contribution in [-0.2, 0) is 14.0 Å². The molecule has 0 N–H and O–H groups in total. The highest BCUT2D eigenvalue weighted by molar-refractivity contribution is 6.74. The van der Waals surface area contributed by atoms with Crippen LogP contribution in [0.25, 0.3) is 0 Å². The standard InChI is InChI=1S/C15H28O3Si/c1-7-17-13(16)8-9-15(10-11-15)12-18-19(5,6)14(2,3)4/h8-9H,7,10-12H2,1-6H3. The van der Waals surface area contributed by atoms with Gasteiger partial charge in [0.15, 0.2) is 8.32 Å². The largest absolute Gasteiger partial charge is 0.463 e. The van der Waals surface area contributed by atoms with Crippen molar-refractivity contribution in [2.75, 3.05) is 13.2 Å². The van der Waals surface area contributed by atoms with Crippen molar-refractivity contribution in [1.29, 1.82) is 0 Å². The number of hydrogen-bond acceptors (Lipinski definition) is 3. The van der Waals surface area contributed by atoms with Crippen LogP contribution < -0.4 is 0 Å². The van der Waals surface area contributed by atoms with Gasteiger partial charge in [0.1, 0.15) is 0 Å². The van der Waals surface area contributed by atoms with Gasteiger partial charge in [-0.15, -0.1) is 0 Å². The van der Waals surface area contributed by atoms with Crippen LogP contribution in [0.1, 0.15) is 40.5 Å². The van der Waals surface area contributed by atoms with Crippen molar-refractivity contribution in [3.63, 3.8) is 0 Å². The van der Waals surface area contributed by atoms with Crippen LogP contribution in [0.3, 0.4) is 0 Å². The molecule has 3 nitrogen and oxygen atoms in total. The first-order valence-corrected chi connectivity index (χ1v) is 10.0. The van der Waals surface area contributed by atoms with Gasteiger partial charge in [0, 0.05) is 18.1 Å². The third-order valence-corrected chi connectivity index (χ3v) is 8.76. The zero-order valence-electron chi connectivity index (χ0n) is 13.2. The van der Waals surface area contributed by atoms with E-state index in [0.29, 0.717) is 6.61 Å². The van der Waals surface area contributed by atoms with E-state index >= 15 is 0 Å². The van der Waals surface area contributed by atoms with Crippen molar-refractivity contribution >= 4 is 14.3 Å². The van der Waals surface area contributed by atoms with Crippen molar-refractivity contribution in [3.05, 3.63) is 12.2 Å². The van der Waals surface area contributed by atoms with Crippen molar-refractivity contribution in [2.45, 2.75) is 58.7 Å². The van der Waals surface area contributed by atoms with E-state index in [1.165, 1.54) is 0 Å². The lowest BCUT2D eigenvalue weighted by Crippen LogP contribution is -2.42. The molecule has 0 aromatic rings. The van der Waals surface area contributed by atoms with E-state index in [9.17, 15) is 4.79 Å². The van der Waals surface area contributed by atoms with Crippen molar-refractivity contribution in [3.8, 4) is 0 Å². The number of hydrogen-bond donors (Lipinski definition) is 0. The van der Waals surface area contributed by atoms with E-state index in [2.05, 4.69) is 33.9 Å². The fourth-order valence-electron chi connectivity index (χ4n) is 1.50. The lowest BCUT2D eigenvalue weighted by molar-refractivity contribution is -0.137. The highest BCUT2D eigenvalue weighted by atomic mass is 28.4. The fourth-order valence-corrected chi connectivity index (χ4v) is 2.58. The fraction of sp³-hybridized carbons (Fsp3) is 0.800. The van der Waals surface area contributed by atoms with Crippen molar-refractivity contribution in [1.82, 2.24) is 0 Å². The summed E-state index contributed by atoms with van der Waals surface area (Å²) in [5.41, 5.74) is 0.0856. The minimum atomic E-state index is -1.70. The normalized spacial score (nSPS) is 18.6. The Hall–Kier alpha value is -0.613. The quantitative estimate of drug-likeness (QED) is 0.421. The summed E-state index contributed by atoms with van der Waals surface area (Å²) in [6.45, 7) is 14.2. The molecule has 0 aromatic heterocycles. The molecule has 0 radical (unpaired) electrons. The van der Waals surface area contributed by atoms with Crippen molar-refractivity contribution in [2.24, 2.45) is 5.41 Å². The Bertz CT molecular complexity index is 349. The van der Waals surface area contributed by atoms with Crippen LogP contribution in [0, 0.1) is 5.41 Å². The second kappa shape index (κ2) is 5.79. The molecular formula is C15H28O3Si. The molecule has 0 bridgehead atoms. The first-order valence-electron chi connectivity index (χ1n) is 7.12. The van der Waals surface area contributed by atoms with E-state index in [-0.39, 0.29) is 16.4 Å². The Balaban J connectivity index is 2.51. The van der Waals surface area contributed by atoms with Gasteiger partial charge in [-0.3, -0.25) is 0 Å². The Kier molecular flexibility index (Phi) is 5.01. The molecule has 1 rings (SSSR count). The summed E-state index contributed by atoms with van der Waals surface area (Å²) in [6.07, 6.45) is 5.76. The Morgan fingerprint density at radius 2 is 1.89 bits per heavy atom. The maximum absolute atomic E-state index is 11.3. The summed E-state index contributed by atoms with van der Waals surface area (Å²) in [4.78, 5) is 11.3. The lowest BCUT2D eigenvalue weighted by Gasteiger charge is -2.37. The summed E-state index contributed by atoms with van der Waals surface area (Å²) >= 11 is 0. The van der Waals surface area contributed by atoms with Gasteiger partial charge in [-0.2, -0.15) is 0 Å². The highest BCUT2D eigenvalue weighted by Gasteiger charge is 2.44. The topological polar surface area (TPSA) is 35.5 Å². The maximum Gasteiger partial charge on any atom is 0.330 e. The number of carbonyl (C=O) groups is 1. The Labute approximate surface area is 118 Å². The zero-order valence-corrected chi connectivity index (χ0v) is 14.2. The van der Waals surface area contributed by atoms with Gasteiger partial charge < -0.3 is 9.16 Å². The molecule has 0 aromatic carbocycles. The number of esters is 1. The average Bonchev–Trinajstić information content (AvgIpc) is 3.04. The molecule has 1 fully saturated rings. The van der Waals surface area contributed by atoms with Crippen LogP contribution in [0.2, 0.25) is 18.1 Å². The summed E-state index contributed by atoms with van der Waals surface area (Å²) in [5, 5.41) is 0.230. The molecule has 110 valence electrons. The summed E-state index contributed by atoms with van der Waals surface area (Å²) < 4.78 is 11.2. The number of ether oxygens (including phenoxy) is 1. The highest BCUT2D eigenvalue weighted by Crippen LogP contribution is 2.49. The molecule has 0 heterocycles. The van der Waals surface area contributed by atoms with E-state index in [1.54, 1.807) is 6.08 Å². The van der Waals surface area contributed by atoms with E-state index in [1.807, 2.05) is 13.0 Å². The van der Waals surface area contributed by atoms with Gasteiger partial charge in [-0.1, -0.05) is 26.8 Å². The zero-order chi connectivity index (χ0) is 14.7. The van der Waals surface area contributed by atoms with Crippen LogP contribution in [0.15, 0.2) is 12.2 Å². The molecule has 1 saturated carbocycles.